The predicted molar refractivity (Wildman–Crippen MR) is 131 cm³/mol. The van der Waals surface area contributed by atoms with Gasteiger partial charge in [0.25, 0.3) is 5.91 Å². The summed E-state index contributed by atoms with van der Waals surface area (Å²) in [5.41, 5.74) is 0.893. The van der Waals surface area contributed by atoms with Crippen molar-refractivity contribution >= 4 is 42.2 Å². The highest BCUT2D eigenvalue weighted by Crippen LogP contribution is 2.23. The number of hydrogen-bond donors (Lipinski definition) is 0. The van der Waals surface area contributed by atoms with Gasteiger partial charge in [0.05, 0.1) is 6.21 Å². The van der Waals surface area contributed by atoms with Crippen molar-refractivity contribution in [3.63, 3.8) is 0 Å². The molecule has 0 atom stereocenters. The minimum absolute atomic E-state index is 0. The van der Waals surface area contributed by atoms with Crippen molar-refractivity contribution in [1.29, 1.82) is 0 Å². The van der Waals surface area contributed by atoms with E-state index in [-0.39, 0.29) is 30.9 Å². The Morgan fingerprint density at radius 1 is 1.00 bits per heavy atom. The van der Waals surface area contributed by atoms with Crippen molar-refractivity contribution in [2.24, 2.45) is 5.10 Å². The fourth-order valence-corrected chi connectivity index (χ4v) is 3.96. The maximum Gasteiger partial charge on any atom is 0.347 e. The number of carbonyl (C=O) groups excluding carboxylic acids is 2. The lowest BCUT2D eigenvalue weighted by atomic mass is 10.2. The number of halogens is 2. The van der Waals surface area contributed by atoms with Gasteiger partial charge in [-0.25, -0.2) is 9.80 Å². The van der Waals surface area contributed by atoms with Crippen molar-refractivity contribution in [2.45, 2.75) is 12.8 Å². The highest BCUT2D eigenvalue weighted by molar-refractivity contribution is 6.30. The van der Waals surface area contributed by atoms with Gasteiger partial charge in [-0.1, -0.05) is 11.6 Å². The molecular weight excluding hydrogens is 465 g/mol. The van der Waals surface area contributed by atoms with Gasteiger partial charge in [-0.15, -0.1) is 12.4 Å². The molecular formula is C23H29Cl2N5O3. The average Bonchev–Trinajstić information content (AvgIpc) is 3.36. The third-order valence-corrected chi connectivity index (χ3v) is 6.07. The summed E-state index contributed by atoms with van der Waals surface area (Å²) in [4.78, 5) is 30.9. The number of imide groups is 1. The lowest BCUT2D eigenvalue weighted by Gasteiger charge is -2.32. The number of furan rings is 1. The van der Waals surface area contributed by atoms with Gasteiger partial charge in [0, 0.05) is 43.3 Å². The van der Waals surface area contributed by atoms with Crippen LogP contribution in [0.2, 0.25) is 5.02 Å². The molecule has 1 aromatic carbocycles. The summed E-state index contributed by atoms with van der Waals surface area (Å²) in [6.45, 7) is 5.72. The van der Waals surface area contributed by atoms with Crippen molar-refractivity contribution in [3.05, 3.63) is 47.2 Å². The Balaban J connectivity index is 0.00000306. The molecule has 2 aliphatic heterocycles. The fraction of sp³-hybridized carbons (Fsp3) is 0.435. The van der Waals surface area contributed by atoms with Gasteiger partial charge in [0.15, 0.2) is 0 Å². The zero-order valence-corrected chi connectivity index (χ0v) is 20.2. The van der Waals surface area contributed by atoms with Crippen molar-refractivity contribution in [2.75, 3.05) is 52.9 Å². The summed E-state index contributed by atoms with van der Waals surface area (Å²) in [6.07, 6.45) is 3.22. The molecule has 0 N–H and O–H groups in total. The molecule has 0 spiro atoms. The van der Waals surface area contributed by atoms with Gasteiger partial charge < -0.3 is 14.2 Å². The number of urea groups is 1. The van der Waals surface area contributed by atoms with Crippen LogP contribution in [0.3, 0.4) is 0 Å². The first-order valence-corrected chi connectivity index (χ1v) is 11.3. The molecule has 2 saturated heterocycles. The van der Waals surface area contributed by atoms with Crippen molar-refractivity contribution in [1.82, 2.24) is 19.7 Å². The minimum atomic E-state index is -0.379. The SMILES string of the molecule is CN1CCN(CCCCN2C(=O)CN(N=Cc3ccc(-c4ccc(Cl)cc4)o3)C2=O)CC1.Cl. The Morgan fingerprint density at radius 3 is 2.42 bits per heavy atom. The van der Waals surface area contributed by atoms with E-state index in [1.165, 1.54) is 16.1 Å². The molecule has 8 nitrogen and oxygen atoms in total. The first-order chi connectivity index (χ1) is 15.5. The molecule has 10 heteroatoms. The number of nitrogens with zero attached hydrogens (tertiary/aromatic N) is 5. The first-order valence-electron chi connectivity index (χ1n) is 10.9. The van der Waals surface area contributed by atoms with Gasteiger partial charge in [-0.3, -0.25) is 9.69 Å². The lowest BCUT2D eigenvalue weighted by Crippen LogP contribution is -2.44. The van der Waals surface area contributed by atoms with Crippen LogP contribution in [-0.4, -0.2) is 90.7 Å². The summed E-state index contributed by atoms with van der Waals surface area (Å²) in [7, 11) is 2.14. The lowest BCUT2D eigenvalue weighted by molar-refractivity contribution is -0.125. The smallest absolute Gasteiger partial charge is 0.347 e. The molecule has 33 heavy (non-hydrogen) atoms. The number of benzene rings is 1. The molecule has 1 aromatic heterocycles. The Morgan fingerprint density at radius 2 is 1.70 bits per heavy atom. The molecule has 0 aliphatic carbocycles. The number of amides is 3. The van der Waals surface area contributed by atoms with E-state index in [1.54, 1.807) is 18.2 Å². The summed E-state index contributed by atoms with van der Waals surface area (Å²) in [6, 6.07) is 10.5. The molecule has 3 amide bonds. The second-order valence-electron chi connectivity index (χ2n) is 8.19. The molecule has 178 valence electrons. The molecule has 3 heterocycles. The maximum atomic E-state index is 12.6. The van der Waals surface area contributed by atoms with Crippen LogP contribution in [0.4, 0.5) is 4.79 Å². The fourth-order valence-electron chi connectivity index (χ4n) is 3.83. The Kier molecular flexibility index (Phi) is 8.91. The van der Waals surface area contributed by atoms with Gasteiger partial charge >= 0.3 is 6.03 Å². The van der Waals surface area contributed by atoms with Crippen LogP contribution in [0.1, 0.15) is 18.6 Å². The van der Waals surface area contributed by atoms with E-state index in [4.69, 9.17) is 16.0 Å². The van der Waals surface area contributed by atoms with E-state index in [9.17, 15) is 9.59 Å². The number of piperazine rings is 1. The third-order valence-electron chi connectivity index (χ3n) is 5.82. The van der Waals surface area contributed by atoms with Gasteiger partial charge in [0.2, 0.25) is 0 Å². The Hall–Kier alpha value is -2.39. The monoisotopic (exact) mass is 493 g/mol. The summed E-state index contributed by atoms with van der Waals surface area (Å²) < 4.78 is 5.77. The van der Waals surface area contributed by atoms with E-state index in [0.29, 0.717) is 23.1 Å². The van der Waals surface area contributed by atoms with Crippen molar-refractivity contribution in [3.8, 4) is 11.3 Å². The van der Waals surface area contributed by atoms with Gasteiger partial charge in [-0.2, -0.15) is 5.10 Å². The van der Waals surface area contributed by atoms with E-state index in [2.05, 4.69) is 21.9 Å². The van der Waals surface area contributed by atoms with E-state index in [0.717, 1.165) is 51.1 Å². The van der Waals surface area contributed by atoms with Crippen molar-refractivity contribution < 1.29 is 14.0 Å². The summed E-state index contributed by atoms with van der Waals surface area (Å²) in [5, 5.41) is 6.02. The number of carbonyl (C=O) groups is 2. The standard InChI is InChI=1S/C23H28ClN5O3.ClH/c1-26-12-14-27(15-13-26)10-2-3-11-28-22(30)17-29(23(28)31)25-16-20-8-9-21(32-20)18-4-6-19(24)7-5-18;/h4-9,16H,2-3,10-15,17H2,1H3;1H. The normalized spacial score (nSPS) is 17.9. The summed E-state index contributed by atoms with van der Waals surface area (Å²) in [5.74, 6) is 0.961. The highest BCUT2D eigenvalue weighted by atomic mass is 35.5. The molecule has 0 radical (unpaired) electrons. The largest absolute Gasteiger partial charge is 0.455 e. The van der Waals surface area contributed by atoms with E-state index in [1.807, 2.05) is 18.2 Å². The van der Waals surface area contributed by atoms with Crippen LogP contribution < -0.4 is 0 Å². The second-order valence-corrected chi connectivity index (χ2v) is 8.63. The third kappa shape index (κ3) is 6.57. The molecule has 0 saturated carbocycles. The Bertz CT molecular complexity index is 971. The topological polar surface area (TPSA) is 72.6 Å². The quantitative estimate of drug-likeness (QED) is 0.318. The zero-order valence-electron chi connectivity index (χ0n) is 18.7. The molecule has 0 bridgehead atoms. The van der Waals surface area contributed by atoms with Crippen LogP contribution in [0.5, 0.6) is 0 Å². The molecule has 2 fully saturated rings. The van der Waals surface area contributed by atoms with Crippen LogP contribution in [0.25, 0.3) is 11.3 Å². The predicted octanol–water partition coefficient (Wildman–Crippen LogP) is 3.65. The molecule has 4 rings (SSSR count). The van der Waals surface area contributed by atoms with Crippen LogP contribution >= 0.6 is 24.0 Å². The average molecular weight is 494 g/mol. The van der Waals surface area contributed by atoms with Crippen LogP contribution in [0, 0.1) is 0 Å². The highest BCUT2D eigenvalue weighted by Gasteiger charge is 2.35. The van der Waals surface area contributed by atoms with Gasteiger partial charge in [-0.05, 0) is 62.8 Å². The number of likely N-dealkylation sites (N-methyl/N-ethyl adjacent to an activating group) is 1. The molecule has 2 aliphatic rings. The molecule has 0 unspecified atom stereocenters. The summed E-state index contributed by atoms with van der Waals surface area (Å²) >= 11 is 5.92. The minimum Gasteiger partial charge on any atom is -0.455 e. The number of hydrazone groups is 1. The Labute approximate surface area is 205 Å². The zero-order chi connectivity index (χ0) is 22.5. The van der Waals surface area contributed by atoms with E-state index >= 15 is 0 Å². The second kappa shape index (κ2) is 11.7. The maximum absolute atomic E-state index is 12.6. The number of hydrogen-bond acceptors (Lipinski definition) is 6. The van der Waals surface area contributed by atoms with Gasteiger partial charge in [0.1, 0.15) is 18.1 Å². The van der Waals surface area contributed by atoms with Crippen LogP contribution in [0.15, 0.2) is 45.9 Å². The number of unbranched alkanes of at least 4 members (excludes halogenated alkanes) is 1. The number of rotatable bonds is 8. The van der Waals surface area contributed by atoms with Crippen LogP contribution in [-0.2, 0) is 4.79 Å². The first kappa shape index (κ1) is 25.2. The molecule has 2 aromatic rings. The van der Waals surface area contributed by atoms with E-state index < -0.39 is 0 Å².